The van der Waals surface area contributed by atoms with Gasteiger partial charge in [0, 0.05) is 17.0 Å². The summed E-state index contributed by atoms with van der Waals surface area (Å²) in [6, 6.07) is 15.6. The van der Waals surface area contributed by atoms with Crippen LogP contribution in [0.1, 0.15) is 51.8 Å². The molecule has 0 radical (unpaired) electrons. The van der Waals surface area contributed by atoms with E-state index in [9.17, 15) is 4.57 Å². The average Bonchev–Trinajstić information content (AvgIpc) is 2.64. The molecule has 0 spiro atoms. The number of hydrogen-bond donors (Lipinski definition) is 0. The van der Waals surface area contributed by atoms with Crippen molar-refractivity contribution in [1.82, 2.24) is 0 Å². The lowest BCUT2D eigenvalue weighted by Gasteiger charge is -2.30. The molecule has 156 valence electrons. The van der Waals surface area contributed by atoms with Crippen LogP contribution in [0.4, 0.5) is 0 Å². The summed E-state index contributed by atoms with van der Waals surface area (Å²) in [5.74, 6) is 1.59. The summed E-state index contributed by atoms with van der Waals surface area (Å²) in [6.45, 7) is 12.1. The molecule has 1 aliphatic rings. The first-order valence-electron chi connectivity index (χ1n) is 10.1. The van der Waals surface area contributed by atoms with Gasteiger partial charge in [0.2, 0.25) is 0 Å². The van der Waals surface area contributed by atoms with Gasteiger partial charge >= 0.3 is 7.82 Å². The van der Waals surface area contributed by atoms with Crippen molar-refractivity contribution in [3.63, 3.8) is 0 Å². The molecule has 1 aliphatic heterocycles. The molecule has 0 saturated heterocycles. The molecule has 3 aromatic carbocycles. The van der Waals surface area contributed by atoms with Crippen LogP contribution in [0.15, 0.2) is 48.5 Å². The highest BCUT2D eigenvalue weighted by atomic mass is 31.2. The molecule has 0 bridgehead atoms. The van der Waals surface area contributed by atoms with Crippen LogP contribution in [-0.4, -0.2) is 0 Å². The molecule has 4 rings (SSSR count). The van der Waals surface area contributed by atoms with Crippen molar-refractivity contribution in [3.8, 4) is 17.2 Å². The van der Waals surface area contributed by atoms with E-state index in [1.807, 2.05) is 51.1 Å². The zero-order chi connectivity index (χ0) is 21.6. The molecular formula is C25H27O4P. The maximum atomic E-state index is 13.9. The van der Waals surface area contributed by atoms with E-state index in [0.717, 1.165) is 38.9 Å². The first-order valence-corrected chi connectivity index (χ1v) is 11.6. The van der Waals surface area contributed by atoms with Gasteiger partial charge in [-0.2, -0.15) is 4.57 Å². The summed E-state index contributed by atoms with van der Waals surface area (Å²) >= 11 is 0. The molecule has 0 aliphatic carbocycles. The maximum absolute atomic E-state index is 13.9. The highest BCUT2D eigenvalue weighted by Gasteiger charge is 2.39. The van der Waals surface area contributed by atoms with Gasteiger partial charge in [0.25, 0.3) is 0 Å². The van der Waals surface area contributed by atoms with Crippen LogP contribution in [-0.2, 0) is 4.57 Å². The van der Waals surface area contributed by atoms with Crippen LogP contribution in [0.25, 0.3) is 0 Å². The zero-order valence-electron chi connectivity index (χ0n) is 18.3. The van der Waals surface area contributed by atoms with E-state index in [4.69, 9.17) is 13.6 Å². The number of phosphoric acid groups is 1. The second-order valence-electron chi connectivity index (χ2n) is 8.26. The van der Waals surface area contributed by atoms with Gasteiger partial charge in [-0.1, -0.05) is 54.4 Å². The molecule has 5 heteroatoms. The number of rotatable bonds is 2. The standard InChI is InChI=1S/C25H27O4P/c1-15-8-7-9-21(12-15)27-30(26)28-24-18(4)10-16(2)13-22(24)20(6)23-14-17(3)11-19(5)25(23)29-30/h7-14,20H,1-6H3. The SMILES string of the molecule is Cc1cccc(OP2(=O)Oc3c(C)cc(C)cc3C(C)c3cc(C)cc(C)c3O2)c1. The van der Waals surface area contributed by atoms with Crippen molar-refractivity contribution >= 4 is 7.82 Å². The molecule has 0 atom stereocenters. The summed E-state index contributed by atoms with van der Waals surface area (Å²) < 4.78 is 32.0. The van der Waals surface area contributed by atoms with Gasteiger partial charge in [-0.3, -0.25) is 0 Å². The van der Waals surface area contributed by atoms with Gasteiger partial charge in [0.15, 0.2) is 0 Å². The fourth-order valence-electron chi connectivity index (χ4n) is 4.12. The zero-order valence-corrected chi connectivity index (χ0v) is 19.2. The molecule has 0 aromatic heterocycles. The van der Waals surface area contributed by atoms with Gasteiger partial charge in [0.05, 0.1) is 0 Å². The lowest BCUT2D eigenvalue weighted by molar-refractivity contribution is 0.291. The van der Waals surface area contributed by atoms with E-state index < -0.39 is 7.82 Å². The Bertz CT molecular complexity index is 1120. The van der Waals surface area contributed by atoms with Crippen molar-refractivity contribution < 1.29 is 18.1 Å². The van der Waals surface area contributed by atoms with Crippen LogP contribution >= 0.6 is 7.82 Å². The first kappa shape index (κ1) is 20.6. The molecule has 30 heavy (non-hydrogen) atoms. The topological polar surface area (TPSA) is 44.8 Å². The second kappa shape index (κ2) is 7.52. The van der Waals surface area contributed by atoms with Crippen molar-refractivity contribution in [3.05, 3.63) is 87.5 Å². The normalized spacial score (nSPS) is 20.1. The molecule has 0 fully saturated rings. The minimum atomic E-state index is -4.00. The Morgan fingerprint density at radius 3 is 1.80 bits per heavy atom. The van der Waals surface area contributed by atoms with Crippen LogP contribution < -0.4 is 13.6 Å². The van der Waals surface area contributed by atoms with Crippen molar-refractivity contribution in [2.75, 3.05) is 0 Å². The van der Waals surface area contributed by atoms with Crippen LogP contribution in [0, 0.1) is 34.6 Å². The summed E-state index contributed by atoms with van der Waals surface area (Å²) in [4.78, 5) is 0. The summed E-state index contributed by atoms with van der Waals surface area (Å²) in [5, 5.41) is 0. The van der Waals surface area contributed by atoms with E-state index in [2.05, 4.69) is 32.9 Å². The molecule has 0 unspecified atom stereocenters. The molecule has 0 saturated carbocycles. The average molecular weight is 422 g/mol. The Morgan fingerprint density at radius 1 is 0.767 bits per heavy atom. The van der Waals surface area contributed by atoms with E-state index in [-0.39, 0.29) is 5.92 Å². The van der Waals surface area contributed by atoms with Crippen LogP contribution in [0.5, 0.6) is 17.2 Å². The lowest BCUT2D eigenvalue weighted by atomic mass is 9.87. The third-order valence-electron chi connectivity index (χ3n) is 5.44. The predicted octanol–water partition coefficient (Wildman–Crippen LogP) is 7.34. The fraction of sp³-hybridized carbons (Fsp3) is 0.280. The van der Waals surface area contributed by atoms with E-state index in [1.165, 1.54) is 0 Å². The first-order chi connectivity index (χ1) is 14.1. The van der Waals surface area contributed by atoms with Gasteiger partial charge in [0.1, 0.15) is 17.2 Å². The van der Waals surface area contributed by atoms with Gasteiger partial charge in [-0.25, -0.2) is 0 Å². The summed E-state index contributed by atoms with van der Waals surface area (Å²) in [5.41, 5.74) is 7.03. The molecule has 4 nitrogen and oxygen atoms in total. The quantitative estimate of drug-likeness (QED) is 0.405. The Kier molecular flexibility index (Phi) is 5.15. The summed E-state index contributed by atoms with van der Waals surface area (Å²) in [7, 11) is -4.00. The Labute approximate surface area is 178 Å². The maximum Gasteiger partial charge on any atom is 0.647 e. The Hall–Kier alpha value is -2.71. The molecule has 1 heterocycles. The highest BCUT2D eigenvalue weighted by Crippen LogP contribution is 2.56. The van der Waals surface area contributed by atoms with Crippen molar-refractivity contribution in [1.29, 1.82) is 0 Å². The minimum Gasteiger partial charge on any atom is -0.386 e. The number of hydrogen-bond acceptors (Lipinski definition) is 4. The van der Waals surface area contributed by atoms with E-state index >= 15 is 0 Å². The number of aryl methyl sites for hydroxylation is 5. The fourth-order valence-corrected chi connectivity index (χ4v) is 5.54. The van der Waals surface area contributed by atoms with Gasteiger partial charge < -0.3 is 13.6 Å². The lowest BCUT2D eigenvalue weighted by Crippen LogP contribution is -2.15. The monoisotopic (exact) mass is 422 g/mol. The van der Waals surface area contributed by atoms with Gasteiger partial charge in [-0.05, 0) is 63.4 Å². The highest BCUT2D eigenvalue weighted by molar-refractivity contribution is 7.49. The third kappa shape index (κ3) is 3.85. The second-order valence-corrected chi connectivity index (χ2v) is 9.70. The summed E-state index contributed by atoms with van der Waals surface area (Å²) in [6.07, 6.45) is 0. The van der Waals surface area contributed by atoms with Crippen molar-refractivity contribution in [2.45, 2.75) is 47.5 Å². The van der Waals surface area contributed by atoms with E-state index in [0.29, 0.717) is 17.2 Å². The number of benzene rings is 3. The van der Waals surface area contributed by atoms with Crippen molar-refractivity contribution in [2.24, 2.45) is 0 Å². The molecule has 0 N–H and O–H groups in total. The Morgan fingerprint density at radius 2 is 1.30 bits per heavy atom. The number of fused-ring (bicyclic) bond motifs is 2. The smallest absolute Gasteiger partial charge is 0.386 e. The predicted molar refractivity (Wildman–Crippen MR) is 120 cm³/mol. The molecule has 3 aromatic rings. The van der Waals surface area contributed by atoms with Crippen LogP contribution in [0.2, 0.25) is 0 Å². The molecule has 0 amide bonds. The minimum absolute atomic E-state index is 0.0138. The molecular weight excluding hydrogens is 395 g/mol. The Balaban J connectivity index is 1.93. The largest absolute Gasteiger partial charge is 0.647 e. The van der Waals surface area contributed by atoms with E-state index in [1.54, 1.807) is 6.07 Å². The third-order valence-corrected chi connectivity index (χ3v) is 6.69. The number of phosphoric ester groups is 1. The van der Waals surface area contributed by atoms with Crippen LogP contribution in [0.3, 0.4) is 0 Å². The van der Waals surface area contributed by atoms with Gasteiger partial charge in [-0.15, -0.1) is 0 Å².